The lowest BCUT2D eigenvalue weighted by Gasteiger charge is -2.28. The number of pyridine rings is 1. The van der Waals surface area contributed by atoms with Crippen LogP contribution in [0.4, 0.5) is 0 Å². The summed E-state index contributed by atoms with van der Waals surface area (Å²) in [5, 5.41) is 2.79. The summed E-state index contributed by atoms with van der Waals surface area (Å²) in [7, 11) is 0. The third kappa shape index (κ3) is 4.80. The van der Waals surface area contributed by atoms with E-state index in [0.29, 0.717) is 24.8 Å². The van der Waals surface area contributed by atoms with Crippen molar-refractivity contribution in [2.24, 2.45) is 5.92 Å². The maximum absolute atomic E-state index is 12.8. The van der Waals surface area contributed by atoms with Gasteiger partial charge in [0.1, 0.15) is 0 Å². The van der Waals surface area contributed by atoms with E-state index < -0.39 is 0 Å². The van der Waals surface area contributed by atoms with E-state index >= 15 is 0 Å². The second-order valence-electron chi connectivity index (χ2n) is 7.42. The van der Waals surface area contributed by atoms with Crippen LogP contribution in [0.1, 0.15) is 75.7 Å². The lowest BCUT2D eigenvalue weighted by Crippen LogP contribution is -2.32. The van der Waals surface area contributed by atoms with Gasteiger partial charge in [0.25, 0.3) is 0 Å². The first kappa shape index (κ1) is 17.9. The Kier molecular flexibility index (Phi) is 6.05. The van der Waals surface area contributed by atoms with Gasteiger partial charge in [-0.2, -0.15) is 0 Å². The predicted molar refractivity (Wildman–Crippen MR) is 96.6 cm³/mol. The molecule has 0 radical (unpaired) electrons. The smallest absolute Gasteiger partial charge is 0.223 e. The lowest BCUT2D eigenvalue weighted by atomic mass is 9.86. The molecule has 1 saturated carbocycles. The van der Waals surface area contributed by atoms with E-state index in [1.165, 1.54) is 39.0 Å². The molecule has 5 heteroatoms. The standard InChI is InChI=1S/C20H29N3O2/c1-15(24)21-14-17-9-5-10-18(22-17)19-11-6-12-23(19)20(25)13-16-7-3-2-4-8-16/h5,9-10,16,19H,2-4,6-8,11-14H2,1H3,(H,21,24). The third-order valence-corrected chi connectivity index (χ3v) is 5.45. The fraction of sp³-hybridized carbons (Fsp3) is 0.650. The first-order chi connectivity index (χ1) is 12.1. The van der Waals surface area contributed by atoms with Gasteiger partial charge in [-0.15, -0.1) is 0 Å². The molecular weight excluding hydrogens is 314 g/mol. The number of hydrogen-bond donors (Lipinski definition) is 1. The molecule has 0 aromatic carbocycles. The average molecular weight is 343 g/mol. The summed E-state index contributed by atoms with van der Waals surface area (Å²) < 4.78 is 0. The van der Waals surface area contributed by atoms with Gasteiger partial charge < -0.3 is 10.2 Å². The van der Waals surface area contributed by atoms with Gasteiger partial charge in [-0.25, -0.2) is 0 Å². The van der Waals surface area contributed by atoms with Crippen LogP contribution in [0.25, 0.3) is 0 Å². The van der Waals surface area contributed by atoms with Crippen LogP contribution in [-0.4, -0.2) is 28.2 Å². The lowest BCUT2D eigenvalue weighted by molar-refractivity contribution is -0.133. The number of hydrogen-bond acceptors (Lipinski definition) is 3. The van der Waals surface area contributed by atoms with Gasteiger partial charge in [0, 0.05) is 19.9 Å². The average Bonchev–Trinajstić information content (AvgIpc) is 3.11. The zero-order valence-corrected chi connectivity index (χ0v) is 15.2. The fourth-order valence-electron chi connectivity index (χ4n) is 4.13. The highest BCUT2D eigenvalue weighted by atomic mass is 16.2. The number of carbonyl (C=O) groups excluding carboxylic acids is 2. The predicted octanol–water partition coefficient (Wildman–Crippen LogP) is 3.35. The number of carbonyl (C=O) groups is 2. The molecule has 1 aromatic rings. The Labute approximate surface area is 150 Å². The van der Waals surface area contributed by atoms with Crippen molar-refractivity contribution in [3.05, 3.63) is 29.6 Å². The number of amides is 2. The molecule has 1 N–H and O–H groups in total. The molecule has 0 spiro atoms. The number of aromatic nitrogens is 1. The van der Waals surface area contributed by atoms with E-state index in [9.17, 15) is 9.59 Å². The molecule has 1 atom stereocenters. The maximum atomic E-state index is 12.8. The highest BCUT2D eigenvalue weighted by molar-refractivity contribution is 5.77. The summed E-state index contributed by atoms with van der Waals surface area (Å²) in [6.07, 6.45) is 8.99. The number of rotatable bonds is 5. The molecule has 1 aliphatic heterocycles. The summed E-state index contributed by atoms with van der Waals surface area (Å²) >= 11 is 0. The van der Waals surface area contributed by atoms with Crippen LogP contribution in [0.15, 0.2) is 18.2 Å². The molecule has 2 heterocycles. The van der Waals surface area contributed by atoms with E-state index in [1.807, 2.05) is 23.1 Å². The largest absolute Gasteiger partial charge is 0.351 e. The number of nitrogens with zero attached hydrogens (tertiary/aromatic N) is 2. The van der Waals surface area contributed by atoms with Crippen molar-refractivity contribution in [3.63, 3.8) is 0 Å². The van der Waals surface area contributed by atoms with Crippen molar-refractivity contribution < 1.29 is 9.59 Å². The first-order valence-corrected chi connectivity index (χ1v) is 9.63. The molecule has 3 rings (SSSR count). The molecule has 1 aliphatic carbocycles. The zero-order chi connectivity index (χ0) is 17.6. The number of likely N-dealkylation sites (tertiary alicyclic amines) is 1. The molecule has 1 aromatic heterocycles. The third-order valence-electron chi connectivity index (χ3n) is 5.45. The number of nitrogens with one attached hydrogen (secondary N) is 1. The van der Waals surface area contributed by atoms with E-state index in [0.717, 1.165) is 30.8 Å². The quantitative estimate of drug-likeness (QED) is 0.892. The molecule has 2 amide bonds. The van der Waals surface area contributed by atoms with E-state index in [-0.39, 0.29) is 11.9 Å². The molecule has 1 saturated heterocycles. The molecule has 0 bridgehead atoms. The Morgan fingerprint density at radius 1 is 1.16 bits per heavy atom. The second kappa shape index (κ2) is 8.45. The van der Waals surface area contributed by atoms with Crippen molar-refractivity contribution in [1.29, 1.82) is 0 Å². The van der Waals surface area contributed by atoms with Gasteiger partial charge in [-0.1, -0.05) is 25.3 Å². The van der Waals surface area contributed by atoms with Crippen molar-refractivity contribution in [2.75, 3.05) is 6.54 Å². The Hall–Kier alpha value is -1.91. The molecular formula is C20H29N3O2. The van der Waals surface area contributed by atoms with Gasteiger partial charge in [0.05, 0.1) is 24.0 Å². The Bertz CT molecular complexity index is 611. The first-order valence-electron chi connectivity index (χ1n) is 9.63. The van der Waals surface area contributed by atoms with E-state index in [1.54, 1.807) is 0 Å². The summed E-state index contributed by atoms with van der Waals surface area (Å²) in [5.41, 5.74) is 1.80. The molecule has 136 valence electrons. The van der Waals surface area contributed by atoms with Gasteiger partial charge in [0.2, 0.25) is 11.8 Å². The van der Waals surface area contributed by atoms with Crippen LogP contribution in [0.5, 0.6) is 0 Å². The molecule has 1 unspecified atom stereocenters. The van der Waals surface area contributed by atoms with Crippen LogP contribution < -0.4 is 5.32 Å². The van der Waals surface area contributed by atoms with E-state index in [4.69, 9.17) is 4.98 Å². The summed E-state index contributed by atoms with van der Waals surface area (Å²) in [6, 6.07) is 5.99. The van der Waals surface area contributed by atoms with Crippen molar-refractivity contribution in [2.45, 2.75) is 70.9 Å². The van der Waals surface area contributed by atoms with Crippen molar-refractivity contribution >= 4 is 11.8 Å². The highest BCUT2D eigenvalue weighted by Crippen LogP contribution is 2.34. The SMILES string of the molecule is CC(=O)NCc1cccc(C2CCCN2C(=O)CC2CCCCC2)n1. The summed E-state index contributed by atoms with van der Waals surface area (Å²) in [6.45, 7) is 2.78. The van der Waals surface area contributed by atoms with Crippen molar-refractivity contribution in [3.8, 4) is 0 Å². The van der Waals surface area contributed by atoms with Crippen LogP contribution >= 0.6 is 0 Å². The minimum atomic E-state index is -0.0580. The monoisotopic (exact) mass is 343 g/mol. The van der Waals surface area contributed by atoms with Gasteiger partial charge >= 0.3 is 0 Å². The molecule has 2 fully saturated rings. The Morgan fingerprint density at radius 2 is 1.96 bits per heavy atom. The topological polar surface area (TPSA) is 62.3 Å². The van der Waals surface area contributed by atoms with Crippen LogP contribution in [0.3, 0.4) is 0 Å². The van der Waals surface area contributed by atoms with Gasteiger partial charge in [-0.05, 0) is 43.7 Å². The second-order valence-corrected chi connectivity index (χ2v) is 7.42. The minimum Gasteiger partial charge on any atom is -0.351 e. The molecule has 2 aliphatic rings. The Morgan fingerprint density at radius 3 is 2.72 bits per heavy atom. The maximum Gasteiger partial charge on any atom is 0.223 e. The van der Waals surface area contributed by atoms with E-state index in [2.05, 4.69) is 5.32 Å². The zero-order valence-electron chi connectivity index (χ0n) is 15.2. The van der Waals surface area contributed by atoms with Crippen LogP contribution in [0.2, 0.25) is 0 Å². The van der Waals surface area contributed by atoms with Gasteiger partial charge in [-0.3, -0.25) is 14.6 Å². The van der Waals surface area contributed by atoms with Crippen molar-refractivity contribution in [1.82, 2.24) is 15.2 Å². The highest BCUT2D eigenvalue weighted by Gasteiger charge is 2.32. The Balaban J connectivity index is 1.65. The van der Waals surface area contributed by atoms with Gasteiger partial charge in [0.15, 0.2) is 0 Å². The summed E-state index contributed by atoms with van der Waals surface area (Å²) in [4.78, 5) is 30.7. The molecule has 25 heavy (non-hydrogen) atoms. The van der Waals surface area contributed by atoms with Crippen LogP contribution in [-0.2, 0) is 16.1 Å². The minimum absolute atomic E-state index is 0.0580. The van der Waals surface area contributed by atoms with Crippen LogP contribution in [0, 0.1) is 5.92 Å². The normalized spacial score (nSPS) is 21.3. The fourth-order valence-corrected chi connectivity index (χ4v) is 4.13. The molecule has 5 nitrogen and oxygen atoms in total. The summed E-state index contributed by atoms with van der Waals surface area (Å²) in [5.74, 6) is 0.808.